The number of anilines is 5. The number of alkyl halides is 2. The number of nitrogens with one attached hydrogen (secondary N) is 3. The highest BCUT2D eigenvalue weighted by atomic mass is 35.5. The molecule has 1 aliphatic carbocycles. The van der Waals surface area contributed by atoms with Crippen LogP contribution in [0.2, 0.25) is 5.02 Å². The maximum absolute atomic E-state index is 15.2. The third-order valence-electron chi connectivity index (χ3n) is 14.3. The molecule has 18 heteroatoms. The predicted molar refractivity (Wildman–Crippen MR) is 239 cm³/mol. The van der Waals surface area contributed by atoms with Crippen molar-refractivity contribution in [3.05, 3.63) is 63.7 Å². The van der Waals surface area contributed by atoms with Crippen LogP contribution < -0.4 is 36.0 Å². The Morgan fingerprint density at radius 1 is 0.905 bits per heavy atom. The Labute approximate surface area is 368 Å². The Morgan fingerprint density at radius 3 is 2.40 bits per heavy atom. The quantitative estimate of drug-likeness (QED) is 0.153. The van der Waals surface area contributed by atoms with E-state index < -0.39 is 30.0 Å². The summed E-state index contributed by atoms with van der Waals surface area (Å²) < 4.78 is 39.2. The summed E-state index contributed by atoms with van der Waals surface area (Å²) in [7, 11) is 3.51. The Kier molecular flexibility index (Phi) is 10.3. The van der Waals surface area contributed by atoms with Crippen LogP contribution in [-0.2, 0) is 23.7 Å². The number of benzene rings is 2. The van der Waals surface area contributed by atoms with Crippen LogP contribution in [0.5, 0.6) is 5.75 Å². The van der Waals surface area contributed by atoms with Crippen LogP contribution >= 0.6 is 11.6 Å². The molecule has 2 unspecified atom stereocenters. The van der Waals surface area contributed by atoms with Crippen molar-refractivity contribution in [2.45, 2.75) is 75.8 Å². The molecule has 2 aromatic carbocycles. The van der Waals surface area contributed by atoms with E-state index in [1.54, 1.807) is 25.4 Å². The van der Waals surface area contributed by atoms with Gasteiger partial charge in [0.1, 0.15) is 5.02 Å². The minimum atomic E-state index is -3.13. The van der Waals surface area contributed by atoms with E-state index in [0.717, 1.165) is 74.4 Å². The largest absolute Gasteiger partial charge is 0.480 e. The fourth-order valence-electron chi connectivity index (χ4n) is 10.3. The average Bonchev–Trinajstić information content (AvgIpc) is 4.08. The maximum atomic E-state index is 15.2. The minimum Gasteiger partial charge on any atom is -0.480 e. The molecule has 1 saturated carbocycles. The number of carbonyl (C=O) groups excluding carboxylic acids is 2. The van der Waals surface area contributed by atoms with Gasteiger partial charge < -0.3 is 29.7 Å². The number of ether oxygens (including phenoxy) is 1. The molecule has 10 rings (SSSR count). The fraction of sp³-hybridized carbons (Fsp3) is 0.511. The van der Waals surface area contributed by atoms with Crippen LogP contribution in [0, 0.1) is 11.8 Å². The molecule has 7 heterocycles. The van der Waals surface area contributed by atoms with Crippen molar-refractivity contribution in [1.82, 2.24) is 34.5 Å². The molecule has 2 amide bonds. The Morgan fingerprint density at radius 2 is 1.67 bits per heavy atom. The standard InChI is InChI=1S/C45H52ClF2N11O4/c1-44(2,26-13-15-57(16-14-26)28-8-9-29-34(22-28)56(4)54-36(29)30-10-12-35(60)51-41(30)61)59-19-17-58(18-20-59)43-49-23-32(46)40(53-43)50-27-7-11-33-31(21-27)37-38(42(62)55(33)3)63-24-45(47,48)39(52-37)25-5-6-25/h7-9,11,21-23,25-26,30,39,52H,5-6,10,12-20,24H2,1-4H3,(H,49,50,53)(H,51,60,61). The van der Waals surface area contributed by atoms with Crippen molar-refractivity contribution in [3.8, 4) is 5.75 Å². The van der Waals surface area contributed by atoms with Gasteiger partial charge in [-0.15, -0.1) is 0 Å². The van der Waals surface area contributed by atoms with E-state index in [0.29, 0.717) is 65.0 Å². The number of piperidine rings is 2. The fourth-order valence-corrected chi connectivity index (χ4v) is 10.4. The zero-order valence-corrected chi connectivity index (χ0v) is 36.6. The minimum absolute atomic E-state index is 0.0269. The number of aryl methyl sites for hydroxylation is 2. The van der Waals surface area contributed by atoms with E-state index >= 15 is 8.78 Å². The first-order valence-electron chi connectivity index (χ1n) is 21.9. The first-order valence-corrected chi connectivity index (χ1v) is 22.3. The molecule has 3 saturated heterocycles. The van der Waals surface area contributed by atoms with Crippen molar-refractivity contribution in [2.24, 2.45) is 25.9 Å². The number of hydrogen-bond donors (Lipinski definition) is 3. The summed E-state index contributed by atoms with van der Waals surface area (Å²) in [5.41, 5.74) is 3.81. The van der Waals surface area contributed by atoms with Gasteiger partial charge in [-0.2, -0.15) is 10.1 Å². The van der Waals surface area contributed by atoms with E-state index in [-0.39, 0.29) is 34.7 Å². The highest BCUT2D eigenvalue weighted by Crippen LogP contribution is 2.46. The lowest BCUT2D eigenvalue weighted by Crippen LogP contribution is -2.59. The van der Waals surface area contributed by atoms with E-state index in [9.17, 15) is 14.4 Å². The second kappa shape index (κ2) is 15.6. The summed E-state index contributed by atoms with van der Waals surface area (Å²) in [6.45, 7) is 8.91. The molecule has 0 bridgehead atoms. The highest BCUT2D eigenvalue weighted by molar-refractivity contribution is 6.33. The maximum Gasteiger partial charge on any atom is 0.301 e. The summed E-state index contributed by atoms with van der Waals surface area (Å²) in [6.07, 6.45) is 5.89. The predicted octanol–water partition coefficient (Wildman–Crippen LogP) is 6.17. The summed E-state index contributed by atoms with van der Waals surface area (Å²) >= 11 is 6.66. The van der Waals surface area contributed by atoms with Gasteiger partial charge in [-0.25, -0.2) is 13.8 Å². The number of amides is 2. The van der Waals surface area contributed by atoms with Crippen molar-refractivity contribution in [1.29, 1.82) is 0 Å². The number of hydrogen-bond acceptors (Lipinski definition) is 12. The van der Waals surface area contributed by atoms with Gasteiger partial charge >= 0.3 is 5.92 Å². The van der Waals surface area contributed by atoms with Crippen LogP contribution in [0.4, 0.5) is 37.6 Å². The number of pyridine rings is 1. The second-order valence-electron chi connectivity index (χ2n) is 18.4. The number of carbonyl (C=O) groups is 2. The average molecular weight is 884 g/mol. The van der Waals surface area contributed by atoms with E-state index in [1.165, 1.54) is 4.57 Å². The summed E-state index contributed by atoms with van der Waals surface area (Å²) in [5, 5.41) is 15.4. The zero-order chi connectivity index (χ0) is 43.9. The van der Waals surface area contributed by atoms with E-state index in [2.05, 4.69) is 67.7 Å². The van der Waals surface area contributed by atoms with Gasteiger partial charge in [-0.3, -0.25) is 29.3 Å². The summed E-state index contributed by atoms with van der Waals surface area (Å²) in [6, 6.07) is 10.6. The van der Waals surface area contributed by atoms with Gasteiger partial charge in [0, 0.05) is 87.5 Å². The van der Waals surface area contributed by atoms with Crippen LogP contribution in [0.15, 0.2) is 47.4 Å². The topological polar surface area (TPSA) is 155 Å². The van der Waals surface area contributed by atoms with E-state index in [1.807, 2.05) is 17.8 Å². The van der Waals surface area contributed by atoms with Crippen molar-refractivity contribution in [3.63, 3.8) is 0 Å². The van der Waals surface area contributed by atoms with Gasteiger partial charge in [0.2, 0.25) is 23.5 Å². The summed E-state index contributed by atoms with van der Waals surface area (Å²) in [4.78, 5) is 54.3. The molecular weight excluding hydrogens is 832 g/mol. The molecule has 332 valence electrons. The second-order valence-corrected chi connectivity index (χ2v) is 18.8. The molecular formula is C45H52ClF2N11O4. The SMILES string of the molecule is Cn1nc(C2CCC(=O)NC2=O)c2ccc(N3CCC(C(C)(C)N4CCN(c5ncc(Cl)c(Nc6ccc7c(c6)c6c(c(=O)n7C)OCC(F)(F)C(C7CC7)N6)n5)CC4)CC3)cc21. The number of imide groups is 1. The van der Waals surface area contributed by atoms with Crippen molar-refractivity contribution < 1.29 is 23.1 Å². The van der Waals surface area contributed by atoms with Gasteiger partial charge in [0.25, 0.3) is 5.56 Å². The molecule has 0 radical (unpaired) electrons. The molecule has 15 nitrogen and oxygen atoms in total. The molecule has 0 spiro atoms. The number of fused-ring (bicyclic) bond motifs is 4. The lowest BCUT2D eigenvalue weighted by molar-refractivity contribution is -0.134. The first-order chi connectivity index (χ1) is 30.2. The highest BCUT2D eigenvalue weighted by Gasteiger charge is 2.51. The molecule has 3 N–H and O–H groups in total. The van der Waals surface area contributed by atoms with Gasteiger partial charge in [-0.1, -0.05) is 11.6 Å². The number of aromatic nitrogens is 5. The van der Waals surface area contributed by atoms with Crippen molar-refractivity contribution in [2.75, 3.05) is 66.3 Å². The third-order valence-corrected chi connectivity index (χ3v) is 14.6. The lowest BCUT2D eigenvalue weighted by Gasteiger charge is -2.50. The molecule has 5 aromatic rings. The molecule has 4 fully saturated rings. The van der Waals surface area contributed by atoms with Crippen molar-refractivity contribution >= 4 is 74.0 Å². The Hall–Kier alpha value is -5.55. The molecule has 5 aliphatic rings. The van der Waals surface area contributed by atoms with Gasteiger partial charge in [-0.05, 0) is 94.2 Å². The number of rotatable bonds is 8. The number of nitrogens with zero attached hydrogens (tertiary/aromatic N) is 8. The first kappa shape index (κ1) is 41.5. The third kappa shape index (κ3) is 7.49. The molecule has 4 aliphatic heterocycles. The monoisotopic (exact) mass is 883 g/mol. The van der Waals surface area contributed by atoms with Crippen LogP contribution in [0.3, 0.4) is 0 Å². The zero-order valence-electron chi connectivity index (χ0n) is 35.9. The summed E-state index contributed by atoms with van der Waals surface area (Å²) in [5.74, 6) is -2.89. The Bertz CT molecular complexity index is 2700. The Balaban J connectivity index is 0.789. The molecule has 63 heavy (non-hydrogen) atoms. The van der Waals surface area contributed by atoms with E-state index in [4.69, 9.17) is 26.4 Å². The van der Waals surface area contributed by atoms with Crippen LogP contribution in [0.25, 0.3) is 21.8 Å². The molecule has 2 atom stereocenters. The van der Waals surface area contributed by atoms with Gasteiger partial charge in [0.05, 0.1) is 40.6 Å². The smallest absolute Gasteiger partial charge is 0.301 e. The number of piperazine rings is 1. The van der Waals surface area contributed by atoms with Gasteiger partial charge in [0.15, 0.2) is 12.4 Å². The van der Waals surface area contributed by atoms with Crippen LogP contribution in [-0.4, -0.2) is 104 Å². The lowest BCUT2D eigenvalue weighted by atomic mass is 9.78. The van der Waals surface area contributed by atoms with Crippen LogP contribution in [0.1, 0.15) is 64.0 Å². The molecule has 3 aromatic heterocycles. The normalized spacial score (nSPS) is 22.4. The number of halogens is 3.